The Morgan fingerprint density at radius 2 is 1.55 bits per heavy atom. The van der Waals surface area contributed by atoms with Crippen LogP contribution >= 0.6 is 34.8 Å². The van der Waals surface area contributed by atoms with Crippen LogP contribution in [0.1, 0.15) is 40.7 Å². The number of hydrogen-bond donors (Lipinski definition) is 2. The van der Waals surface area contributed by atoms with E-state index >= 15 is 0 Å². The van der Waals surface area contributed by atoms with Crippen molar-refractivity contribution in [3.8, 4) is 0 Å². The van der Waals surface area contributed by atoms with E-state index in [4.69, 9.17) is 34.8 Å². The van der Waals surface area contributed by atoms with Crippen LogP contribution in [0.25, 0.3) is 0 Å². The lowest BCUT2D eigenvalue weighted by Gasteiger charge is -2.29. The second kappa shape index (κ2) is 12.5. The number of benzene rings is 3. The third kappa shape index (κ3) is 7.07. The van der Waals surface area contributed by atoms with Crippen LogP contribution in [-0.4, -0.2) is 37.1 Å². The van der Waals surface area contributed by atoms with E-state index in [1.54, 1.807) is 42.5 Å². The SMILES string of the molecule is O=C(NCc1cc(Cl)cc(Cl)c1)c1ccc(CN([C@@H]2CCCCNC2=O)S(=O)(=O)c2ccc(Cl)cc2)cc1. The minimum absolute atomic E-state index is 0.0358. The van der Waals surface area contributed by atoms with Crippen molar-refractivity contribution in [3.63, 3.8) is 0 Å². The smallest absolute Gasteiger partial charge is 0.251 e. The van der Waals surface area contributed by atoms with E-state index in [1.165, 1.54) is 28.6 Å². The number of rotatable bonds is 8. The molecule has 0 aromatic heterocycles. The zero-order valence-electron chi connectivity index (χ0n) is 20.3. The van der Waals surface area contributed by atoms with Gasteiger partial charge in [-0.25, -0.2) is 8.42 Å². The molecule has 11 heteroatoms. The molecule has 1 aliphatic rings. The normalized spacial score (nSPS) is 16.1. The van der Waals surface area contributed by atoms with Gasteiger partial charge in [-0.2, -0.15) is 4.31 Å². The fraction of sp³-hybridized carbons (Fsp3) is 0.259. The zero-order valence-corrected chi connectivity index (χ0v) is 23.4. The summed E-state index contributed by atoms with van der Waals surface area (Å²) in [5.41, 5.74) is 1.80. The predicted octanol–water partition coefficient (Wildman–Crippen LogP) is 5.44. The van der Waals surface area contributed by atoms with Crippen LogP contribution in [-0.2, 0) is 27.9 Å². The van der Waals surface area contributed by atoms with Crippen LogP contribution in [0.5, 0.6) is 0 Å². The summed E-state index contributed by atoms with van der Waals surface area (Å²) in [6.45, 7) is 0.714. The average molecular weight is 595 g/mol. The summed E-state index contributed by atoms with van der Waals surface area (Å²) in [5, 5.41) is 7.00. The lowest BCUT2D eigenvalue weighted by molar-refractivity contribution is -0.124. The number of amides is 2. The Morgan fingerprint density at radius 3 is 2.21 bits per heavy atom. The first kappa shape index (κ1) is 28.4. The third-order valence-corrected chi connectivity index (χ3v) is 8.76. The van der Waals surface area contributed by atoms with Gasteiger partial charge in [0, 0.05) is 40.3 Å². The van der Waals surface area contributed by atoms with Gasteiger partial charge in [-0.3, -0.25) is 9.59 Å². The Morgan fingerprint density at radius 1 is 0.895 bits per heavy atom. The van der Waals surface area contributed by atoms with Crippen LogP contribution in [0.2, 0.25) is 15.1 Å². The van der Waals surface area contributed by atoms with Gasteiger partial charge in [0.1, 0.15) is 6.04 Å². The molecule has 1 heterocycles. The molecule has 3 aromatic carbocycles. The van der Waals surface area contributed by atoms with Crippen molar-refractivity contribution < 1.29 is 18.0 Å². The first-order valence-corrected chi connectivity index (χ1v) is 14.6. The molecule has 2 N–H and O–H groups in total. The maximum Gasteiger partial charge on any atom is 0.251 e. The summed E-state index contributed by atoms with van der Waals surface area (Å²) in [6, 6.07) is 16.7. The van der Waals surface area contributed by atoms with Crippen LogP contribution in [0.3, 0.4) is 0 Å². The van der Waals surface area contributed by atoms with Gasteiger partial charge in [0.25, 0.3) is 5.91 Å². The van der Waals surface area contributed by atoms with E-state index in [2.05, 4.69) is 10.6 Å². The predicted molar refractivity (Wildman–Crippen MR) is 149 cm³/mol. The minimum atomic E-state index is -4.02. The summed E-state index contributed by atoms with van der Waals surface area (Å²) in [7, 11) is -4.02. The van der Waals surface area contributed by atoms with E-state index in [9.17, 15) is 18.0 Å². The highest BCUT2D eigenvalue weighted by atomic mass is 35.5. The topological polar surface area (TPSA) is 95.6 Å². The maximum atomic E-state index is 13.7. The monoisotopic (exact) mass is 593 g/mol. The molecule has 1 saturated heterocycles. The molecule has 4 rings (SSSR count). The first-order valence-electron chi connectivity index (χ1n) is 12.0. The van der Waals surface area contributed by atoms with Gasteiger partial charge in [0.2, 0.25) is 15.9 Å². The van der Waals surface area contributed by atoms with Crippen molar-refractivity contribution in [1.82, 2.24) is 14.9 Å². The number of carbonyl (C=O) groups excluding carboxylic acids is 2. The molecule has 0 radical (unpaired) electrons. The minimum Gasteiger partial charge on any atom is -0.355 e. The van der Waals surface area contributed by atoms with Gasteiger partial charge >= 0.3 is 0 Å². The number of carbonyl (C=O) groups is 2. The molecule has 200 valence electrons. The molecule has 1 aliphatic heterocycles. The molecule has 2 amide bonds. The van der Waals surface area contributed by atoms with Gasteiger partial charge in [0.15, 0.2) is 0 Å². The largest absolute Gasteiger partial charge is 0.355 e. The second-order valence-corrected chi connectivity index (χ2v) is 12.2. The average Bonchev–Trinajstić information content (AvgIpc) is 3.10. The van der Waals surface area contributed by atoms with E-state index in [0.717, 1.165) is 12.0 Å². The molecular weight excluding hydrogens is 569 g/mol. The number of nitrogens with one attached hydrogen (secondary N) is 2. The highest BCUT2D eigenvalue weighted by Gasteiger charge is 2.36. The fourth-order valence-electron chi connectivity index (χ4n) is 4.24. The number of sulfonamides is 1. The van der Waals surface area contributed by atoms with Gasteiger partial charge in [-0.15, -0.1) is 0 Å². The second-order valence-electron chi connectivity index (χ2n) is 8.96. The number of halogens is 3. The molecule has 38 heavy (non-hydrogen) atoms. The standard InChI is InChI=1S/C27H26Cl3N3O4S/c28-21-8-10-24(11-9-21)38(36,37)33(25-3-1-2-12-31-27(25)35)17-18-4-6-20(7-5-18)26(34)32-16-19-13-22(29)15-23(30)14-19/h4-11,13-15,25H,1-3,12,16-17H2,(H,31,35)(H,32,34)/t25-/m1/s1. The first-order chi connectivity index (χ1) is 18.1. The van der Waals surface area contributed by atoms with Gasteiger partial charge in [-0.1, -0.05) is 46.9 Å². The Bertz CT molecular complexity index is 1390. The molecule has 0 aliphatic carbocycles. The van der Waals surface area contributed by atoms with Crippen molar-refractivity contribution in [3.05, 3.63) is 98.5 Å². The Kier molecular flexibility index (Phi) is 9.33. The maximum absolute atomic E-state index is 13.7. The van der Waals surface area contributed by atoms with Crippen LogP contribution in [0.4, 0.5) is 0 Å². The molecule has 0 saturated carbocycles. The van der Waals surface area contributed by atoms with Crippen LogP contribution in [0, 0.1) is 0 Å². The number of nitrogens with zero attached hydrogens (tertiary/aromatic N) is 1. The quantitative estimate of drug-likeness (QED) is 0.363. The van der Waals surface area contributed by atoms with E-state index in [-0.39, 0.29) is 29.8 Å². The van der Waals surface area contributed by atoms with Crippen LogP contribution < -0.4 is 10.6 Å². The molecule has 0 bridgehead atoms. The van der Waals surface area contributed by atoms with Gasteiger partial charge in [-0.05, 0) is 85.0 Å². The molecule has 7 nitrogen and oxygen atoms in total. The third-order valence-electron chi connectivity index (χ3n) is 6.20. The lowest BCUT2D eigenvalue weighted by Crippen LogP contribution is -2.48. The Hall–Kier alpha value is -2.62. The van der Waals surface area contributed by atoms with Gasteiger partial charge in [0.05, 0.1) is 4.90 Å². The zero-order chi connectivity index (χ0) is 27.3. The van der Waals surface area contributed by atoms with Gasteiger partial charge < -0.3 is 10.6 Å². The lowest BCUT2D eigenvalue weighted by atomic mass is 10.1. The van der Waals surface area contributed by atoms with Crippen molar-refractivity contribution in [2.24, 2.45) is 0 Å². The Labute approximate surface area is 237 Å². The molecule has 0 spiro atoms. The van der Waals surface area contributed by atoms with Crippen molar-refractivity contribution in [2.75, 3.05) is 6.54 Å². The van der Waals surface area contributed by atoms with E-state index < -0.39 is 16.1 Å². The van der Waals surface area contributed by atoms with Crippen molar-refractivity contribution in [2.45, 2.75) is 43.3 Å². The molecule has 3 aromatic rings. The molecular formula is C27H26Cl3N3O4S. The summed E-state index contributed by atoms with van der Waals surface area (Å²) >= 11 is 18.0. The summed E-state index contributed by atoms with van der Waals surface area (Å²) in [6.07, 6.45) is 1.90. The number of hydrogen-bond acceptors (Lipinski definition) is 4. The van der Waals surface area contributed by atoms with Crippen molar-refractivity contribution >= 4 is 56.6 Å². The highest BCUT2D eigenvalue weighted by Crippen LogP contribution is 2.26. The van der Waals surface area contributed by atoms with E-state index in [0.29, 0.717) is 45.6 Å². The van der Waals surface area contributed by atoms with Crippen LogP contribution in [0.15, 0.2) is 71.6 Å². The van der Waals surface area contributed by atoms with Crippen molar-refractivity contribution in [1.29, 1.82) is 0 Å². The summed E-state index contributed by atoms with van der Waals surface area (Å²) in [5.74, 6) is -0.626. The fourth-order valence-corrected chi connectivity index (χ4v) is 6.54. The van der Waals surface area contributed by atoms with E-state index in [1.807, 2.05) is 0 Å². The molecule has 0 unspecified atom stereocenters. The molecule has 1 atom stereocenters. The summed E-state index contributed by atoms with van der Waals surface area (Å²) in [4.78, 5) is 25.6. The molecule has 1 fully saturated rings. The highest BCUT2D eigenvalue weighted by molar-refractivity contribution is 7.89. The summed E-state index contributed by atoms with van der Waals surface area (Å²) < 4.78 is 28.6. The Balaban J connectivity index is 1.53.